The summed E-state index contributed by atoms with van der Waals surface area (Å²) in [5.74, 6) is -2.33. The van der Waals surface area contributed by atoms with Crippen LogP contribution in [-0.2, 0) is 0 Å². The quantitative estimate of drug-likeness (QED) is 0.803. The number of carbonyl (C=O) groups excluding carboxylic acids is 2. The summed E-state index contributed by atoms with van der Waals surface area (Å²) in [6, 6.07) is 4.21. The van der Waals surface area contributed by atoms with Gasteiger partial charge in [-0.3, -0.25) is 9.59 Å². The minimum absolute atomic E-state index is 0.182. The number of alkyl halides is 3. The van der Waals surface area contributed by atoms with Crippen LogP contribution >= 0.6 is 0 Å². The topological polar surface area (TPSA) is 60.2 Å². The first-order chi connectivity index (χ1) is 7.36. The van der Waals surface area contributed by atoms with Crippen LogP contribution in [0, 0.1) is 0 Å². The summed E-state index contributed by atoms with van der Waals surface area (Å²) in [5.41, 5.74) is 4.76. The molecule has 0 fully saturated rings. The van der Waals surface area contributed by atoms with E-state index in [0.29, 0.717) is 0 Å². The van der Waals surface area contributed by atoms with E-state index < -0.39 is 23.3 Å². The van der Waals surface area contributed by atoms with Crippen molar-refractivity contribution in [3.05, 3.63) is 35.4 Å². The van der Waals surface area contributed by atoms with Gasteiger partial charge in [0.05, 0.1) is 6.54 Å². The van der Waals surface area contributed by atoms with Crippen LogP contribution in [-0.4, -0.2) is 24.3 Å². The summed E-state index contributed by atoms with van der Waals surface area (Å²) in [6.45, 7) is -0.230. The molecule has 86 valence electrons. The number of ketones is 2. The number of halogens is 3. The third-order valence-electron chi connectivity index (χ3n) is 1.91. The summed E-state index contributed by atoms with van der Waals surface area (Å²) in [4.78, 5) is 21.8. The highest BCUT2D eigenvalue weighted by Gasteiger charge is 2.39. The van der Waals surface area contributed by atoms with Gasteiger partial charge in [-0.2, -0.15) is 13.2 Å². The Bertz CT molecular complexity index is 409. The SMILES string of the molecule is NCC(=O)c1ccc(C(=O)C(F)(F)F)cc1. The molecule has 6 heteroatoms. The molecule has 0 atom stereocenters. The van der Waals surface area contributed by atoms with Crippen LogP contribution in [0.25, 0.3) is 0 Å². The van der Waals surface area contributed by atoms with Gasteiger partial charge >= 0.3 is 6.18 Å². The number of rotatable bonds is 3. The van der Waals surface area contributed by atoms with Crippen LogP contribution in [0.4, 0.5) is 13.2 Å². The minimum atomic E-state index is -4.90. The molecule has 0 aliphatic rings. The highest BCUT2D eigenvalue weighted by atomic mass is 19.4. The van der Waals surface area contributed by atoms with Crippen molar-refractivity contribution in [1.82, 2.24) is 0 Å². The van der Waals surface area contributed by atoms with E-state index in [9.17, 15) is 22.8 Å². The standard InChI is InChI=1S/C10H8F3NO2/c11-10(12,13)9(16)7-3-1-6(2-4-7)8(15)5-14/h1-4H,5,14H2. The molecule has 1 aromatic rings. The Morgan fingerprint density at radius 2 is 1.50 bits per heavy atom. The van der Waals surface area contributed by atoms with Crippen molar-refractivity contribution in [2.45, 2.75) is 6.18 Å². The third-order valence-corrected chi connectivity index (χ3v) is 1.91. The molecule has 0 saturated heterocycles. The van der Waals surface area contributed by atoms with Crippen molar-refractivity contribution in [3.63, 3.8) is 0 Å². The van der Waals surface area contributed by atoms with Gasteiger partial charge in [-0.15, -0.1) is 0 Å². The van der Waals surface area contributed by atoms with Gasteiger partial charge in [0, 0.05) is 11.1 Å². The first kappa shape index (κ1) is 12.4. The zero-order valence-electron chi connectivity index (χ0n) is 8.04. The van der Waals surface area contributed by atoms with Crippen LogP contribution in [0.5, 0.6) is 0 Å². The number of nitrogens with two attached hydrogens (primary N) is 1. The van der Waals surface area contributed by atoms with Gasteiger partial charge in [0.25, 0.3) is 5.78 Å². The lowest BCUT2D eigenvalue weighted by molar-refractivity contribution is -0.0885. The van der Waals surface area contributed by atoms with Crippen molar-refractivity contribution in [2.24, 2.45) is 5.73 Å². The number of carbonyl (C=O) groups is 2. The second-order valence-electron chi connectivity index (χ2n) is 3.03. The molecule has 0 bridgehead atoms. The average Bonchev–Trinajstić information content (AvgIpc) is 2.26. The first-order valence-electron chi connectivity index (χ1n) is 4.31. The molecule has 0 unspecified atom stereocenters. The van der Waals surface area contributed by atoms with Crippen molar-refractivity contribution >= 4 is 11.6 Å². The molecule has 3 nitrogen and oxygen atoms in total. The Balaban J connectivity index is 2.96. The summed E-state index contributed by atoms with van der Waals surface area (Å²) in [6.07, 6.45) is -4.90. The van der Waals surface area contributed by atoms with E-state index in [0.717, 1.165) is 24.3 Å². The zero-order valence-corrected chi connectivity index (χ0v) is 8.04. The smallest absolute Gasteiger partial charge is 0.324 e. The molecular formula is C10H8F3NO2. The highest BCUT2D eigenvalue weighted by molar-refractivity contribution is 6.02. The zero-order chi connectivity index (χ0) is 12.3. The normalized spacial score (nSPS) is 11.2. The molecule has 1 rings (SSSR count). The Morgan fingerprint density at radius 1 is 1.06 bits per heavy atom. The van der Waals surface area contributed by atoms with E-state index in [4.69, 9.17) is 5.73 Å². The van der Waals surface area contributed by atoms with E-state index >= 15 is 0 Å². The second kappa shape index (κ2) is 4.44. The van der Waals surface area contributed by atoms with Gasteiger partial charge in [-0.1, -0.05) is 24.3 Å². The summed E-state index contributed by atoms with van der Waals surface area (Å²) in [7, 11) is 0. The van der Waals surface area contributed by atoms with Gasteiger partial charge in [0.15, 0.2) is 5.78 Å². The summed E-state index contributed by atoms with van der Waals surface area (Å²) in [5, 5.41) is 0. The Hall–Kier alpha value is -1.69. The highest BCUT2D eigenvalue weighted by Crippen LogP contribution is 2.21. The van der Waals surface area contributed by atoms with Gasteiger partial charge in [0.1, 0.15) is 0 Å². The van der Waals surface area contributed by atoms with Gasteiger partial charge in [-0.25, -0.2) is 0 Å². The number of hydrogen-bond donors (Lipinski definition) is 1. The molecule has 16 heavy (non-hydrogen) atoms. The maximum Gasteiger partial charge on any atom is 0.454 e. The number of hydrogen-bond acceptors (Lipinski definition) is 3. The Labute approximate surface area is 89.1 Å². The van der Waals surface area contributed by atoms with Crippen molar-refractivity contribution in [3.8, 4) is 0 Å². The van der Waals surface area contributed by atoms with Gasteiger partial charge in [-0.05, 0) is 0 Å². The third kappa shape index (κ3) is 2.66. The number of Topliss-reactive ketones (excluding diaryl/α,β-unsaturated/α-hetero) is 2. The molecule has 0 radical (unpaired) electrons. The van der Waals surface area contributed by atoms with E-state index in [2.05, 4.69) is 0 Å². The van der Waals surface area contributed by atoms with Gasteiger partial charge in [0.2, 0.25) is 0 Å². The Kier molecular flexibility index (Phi) is 3.44. The van der Waals surface area contributed by atoms with E-state index in [1.54, 1.807) is 0 Å². The predicted octanol–water partition coefficient (Wildman–Crippen LogP) is 1.57. The largest absolute Gasteiger partial charge is 0.454 e. The second-order valence-corrected chi connectivity index (χ2v) is 3.03. The van der Waals surface area contributed by atoms with Crippen molar-refractivity contribution in [1.29, 1.82) is 0 Å². The Morgan fingerprint density at radius 3 is 1.88 bits per heavy atom. The molecule has 0 aliphatic heterocycles. The summed E-state index contributed by atoms with van der Waals surface area (Å²) >= 11 is 0. The van der Waals surface area contributed by atoms with E-state index in [1.165, 1.54) is 0 Å². The lowest BCUT2D eigenvalue weighted by Crippen LogP contribution is -2.22. The van der Waals surface area contributed by atoms with Crippen molar-refractivity contribution < 1.29 is 22.8 Å². The number of benzene rings is 1. The summed E-state index contributed by atoms with van der Waals surface area (Å²) < 4.78 is 36.1. The minimum Gasteiger partial charge on any atom is -0.324 e. The fourth-order valence-electron chi connectivity index (χ4n) is 1.09. The maximum absolute atomic E-state index is 12.0. The molecular weight excluding hydrogens is 223 g/mol. The van der Waals surface area contributed by atoms with Crippen LogP contribution in [0.15, 0.2) is 24.3 Å². The molecule has 0 spiro atoms. The van der Waals surface area contributed by atoms with Crippen LogP contribution in [0.1, 0.15) is 20.7 Å². The fraction of sp³-hybridized carbons (Fsp3) is 0.200. The first-order valence-corrected chi connectivity index (χ1v) is 4.31. The molecule has 2 N–H and O–H groups in total. The fourth-order valence-corrected chi connectivity index (χ4v) is 1.09. The lowest BCUT2D eigenvalue weighted by Gasteiger charge is -2.05. The molecule has 1 aromatic carbocycles. The molecule has 0 amide bonds. The maximum atomic E-state index is 12.0. The average molecular weight is 231 g/mol. The van der Waals surface area contributed by atoms with Crippen LogP contribution < -0.4 is 5.73 Å². The predicted molar refractivity (Wildman–Crippen MR) is 50.2 cm³/mol. The molecule has 0 heterocycles. The van der Waals surface area contributed by atoms with Crippen LogP contribution in [0.3, 0.4) is 0 Å². The molecule has 0 aromatic heterocycles. The monoisotopic (exact) mass is 231 g/mol. The van der Waals surface area contributed by atoms with Crippen LogP contribution in [0.2, 0.25) is 0 Å². The molecule has 0 aliphatic carbocycles. The molecule has 0 saturated carbocycles. The van der Waals surface area contributed by atoms with E-state index in [1.807, 2.05) is 0 Å². The van der Waals surface area contributed by atoms with Crippen molar-refractivity contribution in [2.75, 3.05) is 6.54 Å². The van der Waals surface area contributed by atoms with E-state index in [-0.39, 0.29) is 12.1 Å². The van der Waals surface area contributed by atoms with Gasteiger partial charge < -0.3 is 5.73 Å². The lowest BCUT2D eigenvalue weighted by atomic mass is 10.1.